The zero-order valence-corrected chi connectivity index (χ0v) is 14.0. The van der Waals surface area contributed by atoms with E-state index in [0.717, 1.165) is 26.3 Å². The van der Waals surface area contributed by atoms with Crippen LogP contribution in [0.3, 0.4) is 0 Å². The van der Waals surface area contributed by atoms with Crippen LogP contribution < -0.4 is 4.90 Å². The molecule has 118 valence electrons. The largest absolute Gasteiger partial charge is 0.378 e. The normalized spacial score (nSPS) is 23.6. The minimum atomic E-state index is -0.360. The molecule has 1 aromatic rings. The molecule has 0 aliphatic carbocycles. The van der Waals surface area contributed by atoms with E-state index in [2.05, 4.69) is 50.8 Å². The van der Waals surface area contributed by atoms with Crippen LogP contribution in [-0.2, 0) is 15.8 Å². The van der Waals surface area contributed by atoms with Crippen LogP contribution in [0.25, 0.3) is 0 Å². The van der Waals surface area contributed by atoms with Crippen molar-refractivity contribution < 1.29 is 9.94 Å². The van der Waals surface area contributed by atoms with Crippen LogP contribution in [-0.4, -0.2) is 36.6 Å². The van der Waals surface area contributed by atoms with Gasteiger partial charge in [0.2, 0.25) is 0 Å². The fourth-order valence-electron chi connectivity index (χ4n) is 3.52. The molecule has 0 saturated carbocycles. The molecule has 0 bridgehead atoms. The molecule has 0 unspecified atom stereocenters. The molecular weight excluding hydrogens is 288 g/mol. The van der Waals surface area contributed by atoms with E-state index in [1.54, 1.807) is 0 Å². The van der Waals surface area contributed by atoms with Crippen molar-refractivity contribution in [1.29, 1.82) is 0 Å². The number of hydroxylamine groups is 2. The van der Waals surface area contributed by atoms with Crippen molar-refractivity contribution in [3.05, 3.63) is 29.3 Å². The van der Waals surface area contributed by atoms with E-state index < -0.39 is 0 Å². The molecule has 3 rings (SSSR count). The molecule has 0 spiro atoms. The summed E-state index contributed by atoms with van der Waals surface area (Å²) in [7, 11) is 0. The molecule has 2 heterocycles. The van der Waals surface area contributed by atoms with Crippen molar-refractivity contribution >= 4 is 18.1 Å². The first-order chi connectivity index (χ1) is 9.35. The number of rotatable bonds is 1. The summed E-state index contributed by atoms with van der Waals surface area (Å²) < 4.78 is 5.42. The van der Waals surface area contributed by atoms with E-state index in [4.69, 9.17) is 4.74 Å². The van der Waals surface area contributed by atoms with Gasteiger partial charge in [0, 0.05) is 18.8 Å². The molecule has 2 aliphatic heterocycles. The van der Waals surface area contributed by atoms with E-state index in [-0.39, 0.29) is 23.5 Å². The van der Waals surface area contributed by atoms with Crippen LogP contribution in [0.5, 0.6) is 0 Å². The smallest absolute Gasteiger partial charge is 0.0666 e. The van der Waals surface area contributed by atoms with Crippen molar-refractivity contribution in [3.63, 3.8) is 0 Å². The number of nitrogens with zero attached hydrogens (tertiary/aromatic N) is 2. The maximum atomic E-state index is 10.5. The lowest BCUT2D eigenvalue weighted by Gasteiger charge is -2.35. The molecule has 21 heavy (non-hydrogen) atoms. The van der Waals surface area contributed by atoms with Gasteiger partial charge in [-0.25, -0.2) is 0 Å². The zero-order chi connectivity index (χ0) is 14.5. The first-order valence-electron chi connectivity index (χ1n) is 7.32. The zero-order valence-electron chi connectivity index (χ0n) is 13.2. The Morgan fingerprint density at radius 1 is 1.00 bits per heavy atom. The first kappa shape index (κ1) is 16.6. The highest BCUT2D eigenvalue weighted by molar-refractivity contribution is 5.85. The summed E-state index contributed by atoms with van der Waals surface area (Å²) in [6.07, 6.45) is 0. The van der Waals surface area contributed by atoms with Crippen LogP contribution in [0.1, 0.15) is 38.8 Å². The summed E-state index contributed by atoms with van der Waals surface area (Å²) in [5, 5.41) is 12.0. The number of morpholine rings is 1. The van der Waals surface area contributed by atoms with Gasteiger partial charge in [0.1, 0.15) is 0 Å². The van der Waals surface area contributed by atoms with Crippen LogP contribution in [0.15, 0.2) is 18.2 Å². The Labute approximate surface area is 133 Å². The summed E-state index contributed by atoms with van der Waals surface area (Å²) in [5.41, 5.74) is 2.95. The van der Waals surface area contributed by atoms with Crippen molar-refractivity contribution in [1.82, 2.24) is 5.06 Å². The predicted molar refractivity (Wildman–Crippen MR) is 86.4 cm³/mol. The van der Waals surface area contributed by atoms with Crippen LogP contribution in [0.4, 0.5) is 5.69 Å². The van der Waals surface area contributed by atoms with Crippen molar-refractivity contribution in [3.8, 4) is 0 Å². The number of halogens is 1. The predicted octanol–water partition coefficient (Wildman–Crippen LogP) is 3.12. The van der Waals surface area contributed by atoms with Gasteiger partial charge in [-0.1, -0.05) is 6.07 Å². The van der Waals surface area contributed by atoms with Gasteiger partial charge >= 0.3 is 0 Å². The fraction of sp³-hybridized carbons (Fsp3) is 0.625. The second-order valence-corrected chi connectivity index (χ2v) is 6.76. The Balaban J connectivity index is 0.00000161. The minimum Gasteiger partial charge on any atom is -0.378 e. The van der Waals surface area contributed by atoms with Gasteiger partial charge in [-0.3, -0.25) is 0 Å². The number of hydrogen-bond donors (Lipinski definition) is 1. The van der Waals surface area contributed by atoms with Crippen LogP contribution in [0.2, 0.25) is 0 Å². The Hall–Kier alpha value is -0.810. The SMILES string of the molecule is CC1(C)c2ccc(N3CCOCC3)cc2C(C)(C)N1O.Cl. The summed E-state index contributed by atoms with van der Waals surface area (Å²) in [5.74, 6) is 0. The second-order valence-electron chi connectivity index (χ2n) is 6.76. The van der Waals surface area contributed by atoms with Crippen LogP contribution in [0, 0.1) is 0 Å². The third-order valence-electron chi connectivity index (χ3n) is 4.76. The minimum absolute atomic E-state index is 0. The van der Waals surface area contributed by atoms with E-state index in [9.17, 15) is 5.21 Å². The quantitative estimate of drug-likeness (QED) is 0.864. The van der Waals surface area contributed by atoms with E-state index in [1.807, 2.05) is 0 Å². The third kappa shape index (κ3) is 2.44. The number of hydrogen-bond acceptors (Lipinski definition) is 4. The van der Waals surface area contributed by atoms with Crippen molar-refractivity contribution in [2.45, 2.75) is 38.8 Å². The molecule has 4 nitrogen and oxygen atoms in total. The molecule has 0 amide bonds. The van der Waals surface area contributed by atoms with Gasteiger partial charge in [0.25, 0.3) is 0 Å². The third-order valence-corrected chi connectivity index (χ3v) is 4.76. The van der Waals surface area contributed by atoms with Crippen molar-refractivity contribution in [2.75, 3.05) is 31.2 Å². The highest BCUT2D eigenvalue weighted by Gasteiger charge is 2.48. The summed E-state index contributed by atoms with van der Waals surface area (Å²) in [4.78, 5) is 2.35. The molecule has 0 aromatic heterocycles. The summed E-state index contributed by atoms with van der Waals surface area (Å²) >= 11 is 0. The van der Waals surface area contributed by atoms with Crippen LogP contribution >= 0.6 is 12.4 Å². The number of fused-ring (bicyclic) bond motifs is 1. The van der Waals surface area contributed by atoms with E-state index in [0.29, 0.717) is 0 Å². The van der Waals surface area contributed by atoms with E-state index in [1.165, 1.54) is 21.9 Å². The average Bonchev–Trinajstić information content (AvgIpc) is 2.58. The number of anilines is 1. The van der Waals surface area contributed by atoms with Gasteiger partial charge < -0.3 is 14.8 Å². The highest BCUT2D eigenvalue weighted by atomic mass is 35.5. The van der Waals surface area contributed by atoms with Gasteiger partial charge in [-0.05, 0) is 51.0 Å². The van der Waals surface area contributed by atoms with Gasteiger partial charge in [0.05, 0.1) is 24.3 Å². The second kappa shape index (κ2) is 5.43. The summed E-state index contributed by atoms with van der Waals surface area (Å²) in [6.45, 7) is 11.7. The standard InChI is InChI=1S/C16H24N2O2.ClH/c1-15(2)13-6-5-12(17-7-9-20-10-8-17)11-14(13)16(3,4)18(15)19;/h5-6,11,19H,7-10H2,1-4H3;1H. The highest BCUT2D eigenvalue weighted by Crippen LogP contribution is 2.48. The summed E-state index contributed by atoms with van der Waals surface area (Å²) in [6, 6.07) is 6.57. The van der Waals surface area contributed by atoms with Gasteiger partial charge in [-0.15, -0.1) is 12.4 Å². The topological polar surface area (TPSA) is 35.9 Å². The fourth-order valence-corrected chi connectivity index (χ4v) is 3.52. The maximum Gasteiger partial charge on any atom is 0.0666 e. The Bertz CT molecular complexity index is 525. The Kier molecular flexibility index (Phi) is 4.28. The Morgan fingerprint density at radius 2 is 1.57 bits per heavy atom. The molecule has 1 fully saturated rings. The monoisotopic (exact) mass is 312 g/mol. The molecule has 1 aromatic carbocycles. The molecule has 0 atom stereocenters. The lowest BCUT2D eigenvalue weighted by atomic mass is 9.90. The lowest BCUT2D eigenvalue weighted by Crippen LogP contribution is -2.42. The van der Waals surface area contributed by atoms with Crippen molar-refractivity contribution in [2.24, 2.45) is 0 Å². The average molecular weight is 313 g/mol. The molecule has 0 radical (unpaired) electrons. The molecule has 1 N–H and O–H groups in total. The molecule has 5 heteroatoms. The first-order valence-corrected chi connectivity index (χ1v) is 7.32. The molecule has 1 saturated heterocycles. The van der Waals surface area contributed by atoms with Gasteiger partial charge in [-0.2, -0.15) is 5.06 Å². The maximum absolute atomic E-state index is 10.5. The van der Waals surface area contributed by atoms with Gasteiger partial charge in [0.15, 0.2) is 0 Å². The lowest BCUT2D eigenvalue weighted by molar-refractivity contribution is -0.216. The molecule has 2 aliphatic rings. The number of benzene rings is 1. The van der Waals surface area contributed by atoms with E-state index >= 15 is 0 Å². The molecular formula is C16H25ClN2O2. The number of ether oxygens (including phenoxy) is 1. The Morgan fingerprint density at radius 3 is 2.19 bits per heavy atom.